The van der Waals surface area contributed by atoms with Crippen molar-refractivity contribution in [2.24, 2.45) is 0 Å². The Kier molecular flexibility index (Phi) is 5.97. The van der Waals surface area contributed by atoms with Crippen LogP contribution in [0.5, 0.6) is 0 Å². The third kappa shape index (κ3) is 4.01. The van der Waals surface area contributed by atoms with Crippen LogP contribution in [0.15, 0.2) is 140 Å². The summed E-state index contributed by atoms with van der Waals surface area (Å²) in [4.78, 5) is 4.93. The first-order chi connectivity index (χ1) is 22.2. The second-order valence-corrected chi connectivity index (χ2v) is 12.6. The molecule has 9 rings (SSSR count). The molecule has 45 heavy (non-hydrogen) atoms. The third-order valence-electron chi connectivity index (χ3n) is 8.88. The maximum atomic E-state index is 6.42. The monoisotopic (exact) mass is 586 g/mol. The van der Waals surface area contributed by atoms with Crippen LogP contribution >= 0.6 is 11.3 Å². The zero-order valence-electron chi connectivity index (χ0n) is 24.3. The van der Waals surface area contributed by atoms with Crippen LogP contribution in [0.3, 0.4) is 0 Å². The first kappa shape index (κ1) is 26.3. The second kappa shape index (κ2) is 10.2. The topological polar surface area (TPSA) is 17.8 Å². The van der Waals surface area contributed by atoms with Gasteiger partial charge in [-0.15, -0.1) is 11.3 Å². The molecule has 0 atom stereocenters. The fourth-order valence-corrected chi connectivity index (χ4v) is 8.11. The molecule has 0 bridgehead atoms. The van der Waals surface area contributed by atoms with Crippen LogP contribution in [0.25, 0.3) is 80.7 Å². The van der Waals surface area contributed by atoms with E-state index in [9.17, 15) is 0 Å². The molecule has 0 amide bonds. The van der Waals surface area contributed by atoms with E-state index in [1.54, 1.807) is 0 Å². The van der Waals surface area contributed by atoms with Gasteiger partial charge in [-0.2, -0.15) is 0 Å². The number of imidazole rings is 1. The molecule has 0 aliphatic rings. The molecule has 0 N–H and O–H groups in total. The molecule has 4 radical (unpaired) electrons. The zero-order chi connectivity index (χ0) is 30.1. The largest absolute Gasteiger partial charge is 0.296 e. The Balaban J connectivity index is 1.51. The quantitative estimate of drug-likeness (QED) is 0.148. The van der Waals surface area contributed by atoms with Gasteiger partial charge < -0.3 is 0 Å². The summed E-state index contributed by atoms with van der Waals surface area (Å²) >= 11 is 1.85. The number of benzene rings is 7. The summed E-state index contributed by atoms with van der Waals surface area (Å²) in [5.41, 5.74) is 6.93. The Morgan fingerprint density at radius 1 is 0.556 bits per heavy atom. The number of fused-ring (bicyclic) bond motifs is 6. The van der Waals surface area contributed by atoms with E-state index in [2.05, 4.69) is 126 Å². The summed E-state index contributed by atoms with van der Waals surface area (Å²) in [6, 6.07) is 49.7. The minimum atomic E-state index is -0.750. The molecule has 9 aromatic rings. The first-order valence-corrected chi connectivity index (χ1v) is 15.9. The fraction of sp³-hybridized carbons (Fsp3) is 0.0250. The van der Waals surface area contributed by atoms with E-state index in [-0.39, 0.29) is 0 Å². The number of thiophene rings is 1. The Hall–Kier alpha value is -5.12. The lowest BCUT2D eigenvalue weighted by Gasteiger charge is -2.22. The van der Waals surface area contributed by atoms with E-state index < -0.39 is 5.72 Å². The van der Waals surface area contributed by atoms with Gasteiger partial charge in [-0.3, -0.25) is 4.57 Å². The summed E-state index contributed by atoms with van der Waals surface area (Å²) < 4.78 is 4.75. The number of hydrogen-bond donors (Lipinski definition) is 0. The lowest BCUT2D eigenvalue weighted by Crippen LogP contribution is -2.09. The van der Waals surface area contributed by atoms with E-state index in [1.807, 2.05) is 29.5 Å². The second-order valence-electron chi connectivity index (χ2n) is 11.5. The molecule has 206 valence electrons. The van der Waals surface area contributed by atoms with Crippen LogP contribution in [0.2, 0.25) is 0 Å². The Labute approximate surface area is 267 Å². The molecule has 2 nitrogen and oxygen atoms in total. The Morgan fingerprint density at radius 3 is 2.09 bits per heavy atom. The minimum Gasteiger partial charge on any atom is -0.296 e. The van der Waals surface area contributed by atoms with Crippen molar-refractivity contribution in [1.29, 1.82) is 0 Å². The lowest BCUT2D eigenvalue weighted by atomic mass is 9.70. The highest BCUT2D eigenvalue weighted by Gasteiger charge is 2.23. The average molecular weight is 586 g/mol. The van der Waals surface area contributed by atoms with Gasteiger partial charge in [-0.1, -0.05) is 115 Å². The van der Waals surface area contributed by atoms with Gasteiger partial charge in [0.1, 0.15) is 5.82 Å². The maximum absolute atomic E-state index is 6.42. The van der Waals surface area contributed by atoms with Gasteiger partial charge in [0, 0.05) is 30.9 Å². The number of nitrogens with zero attached hydrogens (tertiary/aromatic N) is 2. The van der Waals surface area contributed by atoms with Crippen LogP contribution in [-0.2, 0) is 0 Å². The Bertz CT molecular complexity index is 2580. The molecular weight excluding hydrogens is 562 g/mol. The molecule has 5 heteroatoms. The van der Waals surface area contributed by atoms with Crippen molar-refractivity contribution < 1.29 is 0 Å². The van der Waals surface area contributed by atoms with Gasteiger partial charge in [0.2, 0.25) is 0 Å². The summed E-state index contributed by atoms with van der Waals surface area (Å²) in [6.07, 6.45) is 0. The molecule has 0 unspecified atom stereocenters. The predicted molar refractivity (Wildman–Crippen MR) is 194 cm³/mol. The number of para-hydroxylation sites is 2. The highest BCUT2D eigenvalue weighted by atomic mass is 32.1. The van der Waals surface area contributed by atoms with E-state index in [1.165, 1.54) is 53.2 Å². The highest BCUT2D eigenvalue weighted by molar-refractivity contribution is 7.25. The number of hydrogen-bond acceptors (Lipinski definition) is 2. The van der Waals surface area contributed by atoms with Gasteiger partial charge >= 0.3 is 0 Å². The van der Waals surface area contributed by atoms with Crippen LogP contribution in [-0.4, -0.2) is 25.2 Å². The molecule has 0 fully saturated rings. The minimum absolute atomic E-state index is 0.633. The number of rotatable bonds is 4. The molecule has 0 saturated carbocycles. The van der Waals surface area contributed by atoms with E-state index in [0.29, 0.717) is 5.82 Å². The molecular formula is C40H24B2N2S. The standard InChI is InChI=1S/C40H24B2N2S/c41-39(42)40-43-32-17-7-8-18-33(32)44(40)38-27-14-5-4-13-26(27)36(31-23-25(21-22-28(31)38)24-11-2-1-3-12-24)30-16-10-20-35-37(30)29-15-6-9-19-34(29)45-35/h1-23,39H. The van der Waals surface area contributed by atoms with Gasteiger partial charge in [0.15, 0.2) is 0 Å². The molecule has 0 saturated heterocycles. The zero-order valence-corrected chi connectivity index (χ0v) is 25.1. The smallest absolute Gasteiger partial charge is 0.100 e. The van der Waals surface area contributed by atoms with Crippen LogP contribution in [0.1, 0.15) is 11.5 Å². The average Bonchev–Trinajstić information content (AvgIpc) is 3.66. The molecule has 0 aliphatic carbocycles. The lowest BCUT2D eigenvalue weighted by molar-refractivity contribution is 0.979. The summed E-state index contributed by atoms with van der Waals surface area (Å²) in [5.74, 6) is 0.633. The van der Waals surface area contributed by atoms with Crippen molar-refractivity contribution in [2.75, 3.05) is 0 Å². The molecule has 7 aromatic carbocycles. The maximum Gasteiger partial charge on any atom is 0.100 e. The summed E-state index contributed by atoms with van der Waals surface area (Å²) in [5, 5.41) is 7.15. The van der Waals surface area contributed by atoms with E-state index in [4.69, 9.17) is 20.7 Å². The summed E-state index contributed by atoms with van der Waals surface area (Å²) in [6.45, 7) is 0. The van der Waals surface area contributed by atoms with Crippen molar-refractivity contribution in [1.82, 2.24) is 9.55 Å². The van der Waals surface area contributed by atoms with Gasteiger partial charge in [-0.05, 0) is 63.4 Å². The van der Waals surface area contributed by atoms with Crippen LogP contribution in [0.4, 0.5) is 0 Å². The van der Waals surface area contributed by atoms with Crippen molar-refractivity contribution in [3.63, 3.8) is 0 Å². The molecule has 0 spiro atoms. The number of aromatic nitrogens is 2. The summed E-state index contributed by atoms with van der Waals surface area (Å²) in [7, 11) is 12.8. The van der Waals surface area contributed by atoms with E-state index >= 15 is 0 Å². The van der Waals surface area contributed by atoms with Crippen molar-refractivity contribution in [3.05, 3.63) is 145 Å². The van der Waals surface area contributed by atoms with Crippen molar-refractivity contribution in [2.45, 2.75) is 5.72 Å². The van der Waals surface area contributed by atoms with Gasteiger partial charge in [-0.25, -0.2) is 4.98 Å². The van der Waals surface area contributed by atoms with Gasteiger partial charge in [0.05, 0.1) is 32.4 Å². The molecule has 0 aliphatic heterocycles. The molecule has 2 aromatic heterocycles. The van der Waals surface area contributed by atoms with Crippen molar-refractivity contribution >= 4 is 79.8 Å². The third-order valence-corrected chi connectivity index (χ3v) is 10.0. The SMILES string of the molecule is [B]C([B])c1nc2ccccc2n1-c1c2ccccc2c(-c2cccc3sc4ccccc4c23)c2cc(-c3ccccc3)ccc12. The highest BCUT2D eigenvalue weighted by Crippen LogP contribution is 2.48. The fourth-order valence-electron chi connectivity index (χ4n) is 6.98. The van der Waals surface area contributed by atoms with Crippen molar-refractivity contribution in [3.8, 4) is 27.9 Å². The predicted octanol–water partition coefficient (Wildman–Crippen LogP) is 10.4. The Morgan fingerprint density at radius 2 is 1.24 bits per heavy atom. The van der Waals surface area contributed by atoms with E-state index in [0.717, 1.165) is 27.5 Å². The van der Waals surface area contributed by atoms with Crippen LogP contribution in [0, 0.1) is 0 Å². The van der Waals surface area contributed by atoms with Crippen LogP contribution < -0.4 is 0 Å². The first-order valence-electron chi connectivity index (χ1n) is 15.1. The normalized spacial score (nSPS) is 11.9. The van der Waals surface area contributed by atoms with Gasteiger partial charge in [0.25, 0.3) is 0 Å². The molecule has 2 heterocycles.